The molecule has 76 valence electrons. The lowest BCUT2D eigenvalue weighted by Crippen LogP contribution is -2.24. The van der Waals surface area contributed by atoms with Gasteiger partial charge in [-0.2, -0.15) is 17.7 Å². The number of hydrogen-bond acceptors (Lipinski definition) is 3. The summed E-state index contributed by atoms with van der Waals surface area (Å²) in [5.41, 5.74) is 0. The van der Waals surface area contributed by atoms with Crippen molar-refractivity contribution in [3.8, 4) is 0 Å². The van der Waals surface area contributed by atoms with Gasteiger partial charge in [-0.3, -0.25) is 14.8 Å². The van der Waals surface area contributed by atoms with Crippen molar-refractivity contribution >= 4 is 40.3 Å². The molecule has 0 saturated carbocycles. The summed E-state index contributed by atoms with van der Waals surface area (Å²) < 4.78 is 0.787. The van der Waals surface area contributed by atoms with Gasteiger partial charge in [0.15, 0.2) is 5.82 Å². The predicted molar refractivity (Wildman–Crippen MR) is 60.6 cm³/mol. The molecule has 1 amide bonds. The average molecular weight is 276 g/mol. The molecule has 0 aromatic carbocycles. The smallest absolute Gasteiger partial charge is 0.228 e. The third kappa shape index (κ3) is 1.81. The molecule has 1 atom stereocenters. The first-order valence-corrected chi connectivity index (χ1v) is 5.75. The lowest BCUT2D eigenvalue weighted by molar-refractivity contribution is -0.117. The third-order valence-electron chi connectivity index (χ3n) is 2.27. The number of hydrogen-bond donors (Lipinski definition) is 2. The minimum atomic E-state index is 0.128. The number of anilines is 1. The highest BCUT2D eigenvalue weighted by Crippen LogP contribution is 2.25. The maximum absolute atomic E-state index is 11.6. The zero-order valence-electron chi connectivity index (χ0n) is 7.40. The number of nitrogens with zero attached hydrogens (tertiary/aromatic N) is 2. The summed E-state index contributed by atoms with van der Waals surface area (Å²) >= 11 is 7.46. The molecule has 4 nitrogen and oxygen atoms in total. The van der Waals surface area contributed by atoms with Crippen LogP contribution in [0.3, 0.4) is 0 Å². The van der Waals surface area contributed by atoms with Crippen molar-refractivity contribution in [1.29, 1.82) is 0 Å². The molecule has 1 unspecified atom stereocenters. The third-order valence-corrected chi connectivity index (χ3v) is 3.20. The van der Waals surface area contributed by atoms with Crippen molar-refractivity contribution in [2.45, 2.75) is 6.42 Å². The quantitative estimate of drug-likeness (QED) is 0.803. The summed E-state index contributed by atoms with van der Waals surface area (Å²) in [7, 11) is 0. The van der Waals surface area contributed by atoms with Crippen LogP contribution in [0.2, 0.25) is 0 Å². The largest absolute Gasteiger partial charge is 0.295 e. The van der Waals surface area contributed by atoms with Crippen LogP contribution in [0.5, 0.6) is 0 Å². The zero-order valence-corrected chi connectivity index (χ0v) is 9.88. The highest BCUT2D eigenvalue weighted by molar-refractivity contribution is 9.10. The molecule has 1 aliphatic heterocycles. The van der Waals surface area contributed by atoms with Crippen LogP contribution in [-0.2, 0) is 4.79 Å². The van der Waals surface area contributed by atoms with Crippen LogP contribution in [0.15, 0.2) is 10.7 Å². The molecule has 0 aliphatic carbocycles. The van der Waals surface area contributed by atoms with Gasteiger partial charge in [0, 0.05) is 19.0 Å². The summed E-state index contributed by atoms with van der Waals surface area (Å²) in [4.78, 5) is 13.3. The Morgan fingerprint density at radius 2 is 2.57 bits per heavy atom. The molecule has 1 aromatic rings. The Bertz CT molecular complexity index is 354. The summed E-state index contributed by atoms with van der Waals surface area (Å²) in [5, 5.41) is 6.78. The van der Waals surface area contributed by atoms with E-state index >= 15 is 0 Å². The van der Waals surface area contributed by atoms with Crippen molar-refractivity contribution in [2.75, 3.05) is 17.2 Å². The maximum atomic E-state index is 11.6. The van der Waals surface area contributed by atoms with Gasteiger partial charge in [-0.05, 0) is 27.6 Å². The number of aromatic amines is 1. The maximum Gasteiger partial charge on any atom is 0.228 e. The fourth-order valence-electron chi connectivity index (χ4n) is 1.55. The number of thiol groups is 1. The van der Waals surface area contributed by atoms with Gasteiger partial charge in [-0.25, -0.2) is 0 Å². The van der Waals surface area contributed by atoms with E-state index in [0.29, 0.717) is 18.2 Å². The highest BCUT2D eigenvalue weighted by Gasteiger charge is 2.30. The van der Waals surface area contributed by atoms with Gasteiger partial charge in [0.05, 0.1) is 0 Å². The first kappa shape index (κ1) is 10.0. The van der Waals surface area contributed by atoms with Crippen LogP contribution < -0.4 is 4.90 Å². The minimum Gasteiger partial charge on any atom is -0.295 e. The van der Waals surface area contributed by atoms with Crippen molar-refractivity contribution in [2.24, 2.45) is 5.92 Å². The van der Waals surface area contributed by atoms with Gasteiger partial charge in [0.1, 0.15) is 4.60 Å². The Kier molecular flexibility index (Phi) is 2.83. The molecule has 1 aromatic heterocycles. The molecule has 1 fully saturated rings. The van der Waals surface area contributed by atoms with Gasteiger partial charge in [0.2, 0.25) is 5.91 Å². The minimum absolute atomic E-state index is 0.128. The molecular weight excluding hydrogens is 266 g/mol. The number of H-pyrrole nitrogens is 1. The van der Waals surface area contributed by atoms with E-state index in [4.69, 9.17) is 0 Å². The van der Waals surface area contributed by atoms with Crippen LogP contribution in [0, 0.1) is 5.92 Å². The second-order valence-electron chi connectivity index (χ2n) is 3.33. The SMILES string of the molecule is O=C1CC(CS)CN1c1cc(Br)[nH]n1. The van der Waals surface area contributed by atoms with Gasteiger partial charge in [-0.1, -0.05) is 0 Å². The lowest BCUT2D eigenvalue weighted by Gasteiger charge is -2.11. The van der Waals surface area contributed by atoms with Crippen molar-refractivity contribution in [1.82, 2.24) is 10.2 Å². The molecule has 1 N–H and O–H groups in total. The number of halogens is 1. The monoisotopic (exact) mass is 275 g/mol. The van der Waals surface area contributed by atoms with E-state index < -0.39 is 0 Å². The van der Waals surface area contributed by atoms with E-state index in [9.17, 15) is 4.79 Å². The number of aromatic nitrogens is 2. The topological polar surface area (TPSA) is 49.0 Å². The molecular formula is C8H10BrN3OS. The summed E-state index contributed by atoms with van der Waals surface area (Å²) in [6.45, 7) is 0.722. The first-order valence-electron chi connectivity index (χ1n) is 4.33. The number of rotatable bonds is 2. The van der Waals surface area contributed by atoms with Crippen molar-refractivity contribution < 1.29 is 4.79 Å². The summed E-state index contributed by atoms with van der Waals surface area (Å²) in [5.74, 6) is 1.91. The molecule has 0 bridgehead atoms. The molecule has 0 radical (unpaired) electrons. The van der Waals surface area contributed by atoms with Gasteiger partial charge < -0.3 is 0 Å². The van der Waals surface area contributed by atoms with E-state index in [2.05, 4.69) is 38.8 Å². The van der Waals surface area contributed by atoms with E-state index in [1.54, 1.807) is 11.0 Å². The van der Waals surface area contributed by atoms with Crippen LogP contribution in [0.4, 0.5) is 5.82 Å². The molecule has 6 heteroatoms. The Morgan fingerprint density at radius 1 is 1.79 bits per heavy atom. The van der Waals surface area contributed by atoms with Gasteiger partial charge in [-0.15, -0.1) is 0 Å². The second kappa shape index (κ2) is 3.94. The van der Waals surface area contributed by atoms with E-state index in [1.807, 2.05) is 0 Å². The van der Waals surface area contributed by atoms with Crippen LogP contribution in [-0.4, -0.2) is 28.4 Å². The Hall–Kier alpha value is -0.490. The number of nitrogens with one attached hydrogen (secondary N) is 1. The summed E-state index contributed by atoms with van der Waals surface area (Å²) in [6, 6.07) is 1.80. The fraction of sp³-hybridized carbons (Fsp3) is 0.500. The van der Waals surface area contributed by atoms with Crippen molar-refractivity contribution in [3.05, 3.63) is 10.7 Å². The number of carbonyl (C=O) groups is 1. The average Bonchev–Trinajstić information content (AvgIpc) is 2.71. The van der Waals surface area contributed by atoms with Crippen LogP contribution >= 0.6 is 28.6 Å². The molecule has 1 saturated heterocycles. The molecule has 2 heterocycles. The molecule has 14 heavy (non-hydrogen) atoms. The predicted octanol–water partition coefficient (Wildman–Crippen LogP) is 1.45. The fourth-order valence-corrected chi connectivity index (χ4v) is 2.09. The van der Waals surface area contributed by atoms with Crippen molar-refractivity contribution in [3.63, 3.8) is 0 Å². The van der Waals surface area contributed by atoms with E-state index in [-0.39, 0.29) is 5.91 Å². The second-order valence-corrected chi connectivity index (χ2v) is 4.55. The Morgan fingerprint density at radius 3 is 3.07 bits per heavy atom. The van der Waals surface area contributed by atoms with E-state index in [0.717, 1.165) is 16.9 Å². The standard InChI is InChI=1S/C8H10BrN3OS/c9-6-2-7(11-10-6)12-3-5(4-14)1-8(12)13/h2,5,14H,1,3-4H2,(H,10,11). The van der Waals surface area contributed by atoms with Crippen LogP contribution in [0.25, 0.3) is 0 Å². The number of amides is 1. The normalized spacial score (nSPS) is 22.0. The van der Waals surface area contributed by atoms with E-state index in [1.165, 1.54) is 0 Å². The summed E-state index contributed by atoms with van der Waals surface area (Å²) in [6.07, 6.45) is 0.577. The number of carbonyl (C=O) groups excluding carboxylic acids is 1. The van der Waals surface area contributed by atoms with Gasteiger partial charge >= 0.3 is 0 Å². The van der Waals surface area contributed by atoms with Gasteiger partial charge in [0.25, 0.3) is 0 Å². The molecule has 2 rings (SSSR count). The molecule has 0 spiro atoms. The Balaban J connectivity index is 2.16. The Labute approximate surface area is 95.6 Å². The van der Waals surface area contributed by atoms with Crippen LogP contribution in [0.1, 0.15) is 6.42 Å². The first-order chi connectivity index (χ1) is 6.70. The lowest BCUT2D eigenvalue weighted by atomic mass is 10.1. The zero-order chi connectivity index (χ0) is 10.1. The highest BCUT2D eigenvalue weighted by atomic mass is 79.9. The molecule has 1 aliphatic rings.